The molecule has 1 aromatic heterocycles. The molecule has 3 atom stereocenters. The minimum Gasteiger partial charge on any atom is -0.461 e. The molecule has 3 unspecified atom stereocenters. The van der Waals surface area contributed by atoms with Gasteiger partial charge in [-0.1, -0.05) is 30.3 Å². The summed E-state index contributed by atoms with van der Waals surface area (Å²) in [5.74, 6) is -4.43. The molecule has 1 aliphatic heterocycles. The molecule has 0 spiro atoms. The van der Waals surface area contributed by atoms with E-state index in [1.807, 2.05) is 6.07 Å². The van der Waals surface area contributed by atoms with E-state index in [4.69, 9.17) is 14.6 Å². The molecule has 0 amide bonds. The van der Waals surface area contributed by atoms with E-state index in [0.29, 0.717) is 4.57 Å². The van der Waals surface area contributed by atoms with Crippen molar-refractivity contribution in [1.29, 1.82) is 0 Å². The first-order valence-electron chi connectivity index (χ1n) is 8.42. The van der Waals surface area contributed by atoms with Gasteiger partial charge in [-0.25, -0.2) is 4.79 Å². The van der Waals surface area contributed by atoms with Crippen molar-refractivity contribution in [2.75, 3.05) is 6.61 Å². The van der Waals surface area contributed by atoms with Crippen LogP contribution in [0.1, 0.15) is 17.5 Å². The number of rotatable bonds is 6. The predicted octanol–water partition coefficient (Wildman–Crippen LogP) is 0.415. The van der Waals surface area contributed by atoms with Gasteiger partial charge in [0.05, 0.1) is 18.7 Å². The normalized spacial score (nSPS) is 23.5. The third-order valence-corrected chi connectivity index (χ3v) is 4.27. The summed E-state index contributed by atoms with van der Waals surface area (Å²) in [7, 11) is 0. The van der Waals surface area contributed by atoms with Crippen molar-refractivity contribution >= 4 is 5.97 Å². The van der Waals surface area contributed by atoms with E-state index in [0.717, 1.165) is 11.8 Å². The lowest BCUT2D eigenvalue weighted by molar-refractivity contribution is -0.144. The Balaban J connectivity index is 1.67. The highest BCUT2D eigenvalue weighted by Crippen LogP contribution is 2.41. The molecule has 1 fully saturated rings. The van der Waals surface area contributed by atoms with Gasteiger partial charge in [0.25, 0.3) is 0 Å². The number of hydrogen-bond acceptors (Lipinski definition) is 7. The van der Waals surface area contributed by atoms with Gasteiger partial charge in [0.15, 0.2) is 6.10 Å². The number of carbonyl (C=O) groups is 1. The summed E-state index contributed by atoms with van der Waals surface area (Å²) in [6, 6.07) is 10.2. The first-order valence-corrected chi connectivity index (χ1v) is 8.42. The van der Waals surface area contributed by atoms with Crippen molar-refractivity contribution in [3.8, 4) is 0 Å². The Bertz CT molecular complexity index is 889. The van der Waals surface area contributed by atoms with E-state index in [2.05, 4.69) is 4.98 Å². The number of aromatic nitrogens is 2. The molecule has 3 rings (SSSR count). The number of alkyl halides is 2. The summed E-state index contributed by atoms with van der Waals surface area (Å²) in [6.45, 7) is -0.778. The Morgan fingerprint density at radius 3 is 2.61 bits per heavy atom. The van der Waals surface area contributed by atoms with Crippen LogP contribution >= 0.6 is 0 Å². The van der Waals surface area contributed by atoms with Gasteiger partial charge in [-0.3, -0.25) is 9.36 Å². The second kappa shape index (κ2) is 8.13. The first-order chi connectivity index (χ1) is 13.3. The third kappa shape index (κ3) is 4.08. The van der Waals surface area contributed by atoms with Crippen molar-refractivity contribution in [1.82, 2.24) is 9.55 Å². The van der Waals surface area contributed by atoms with Crippen molar-refractivity contribution < 1.29 is 33.3 Å². The number of halogens is 2. The van der Waals surface area contributed by atoms with Crippen LogP contribution < -0.4 is 5.69 Å². The average molecular weight is 396 g/mol. The second-order valence-electron chi connectivity index (χ2n) is 6.26. The van der Waals surface area contributed by atoms with Crippen LogP contribution in [0.4, 0.5) is 8.78 Å². The van der Waals surface area contributed by atoms with Crippen LogP contribution in [-0.2, 0) is 27.3 Å². The quantitative estimate of drug-likeness (QED) is 0.681. The Labute approximate surface area is 158 Å². The van der Waals surface area contributed by atoms with E-state index in [1.54, 1.807) is 24.3 Å². The highest BCUT2D eigenvalue weighted by molar-refractivity contribution is 5.71. The first kappa shape index (κ1) is 20.1. The van der Waals surface area contributed by atoms with E-state index in [9.17, 15) is 23.5 Å². The van der Waals surface area contributed by atoms with Gasteiger partial charge in [0.2, 0.25) is 6.23 Å². The van der Waals surface area contributed by atoms with E-state index >= 15 is 0 Å². The van der Waals surface area contributed by atoms with Crippen LogP contribution in [-0.4, -0.2) is 50.5 Å². The SMILES string of the molecule is O=C(Cc1ccn(C2OC(CO)C(O)C2(F)F)c(=O)n1)OCc1ccccc1. The fraction of sp³-hybridized carbons (Fsp3) is 0.389. The molecule has 2 aromatic rings. The monoisotopic (exact) mass is 396 g/mol. The van der Waals surface area contributed by atoms with Crippen LogP contribution in [0.25, 0.3) is 0 Å². The van der Waals surface area contributed by atoms with Gasteiger partial charge >= 0.3 is 17.6 Å². The van der Waals surface area contributed by atoms with Gasteiger partial charge in [0.1, 0.15) is 12.7 Å². The van der Waals surface area contributed by atoms with E-state index < -0.39 is 42.6 Å². The molecule has 1 saturated heterocycles. The maximum atomic E-state index is 14.1. The minimum absolute atomic E-state index is 0.0416. The highest BCUT2D eigenvalue weighted by Gasteiger charge is 2.59. The van der Waals surface area contributed by atoms with E-state index in [-0.39, 0.29) is 18.7 Å². The van der Waals surface area contributed by atoms with Crippen molar-refractivity contribution in [2.24, 2.45) is 0 Å². The zero-order valence-electron chi connectivity index (χ0n) is 14.6. The van der Waals surface area contributed by atoms with Crippen LogP contribution in [0.5, 0.6) is 0 Å². The summed E-state index contributed by atoms with van der Waals surface area (Å²) in [4.78, 5) is 27.6. The summed E-state index contributed by atoms with van der Waals surface area (Å²) < 4.78 is 38.8. The lowest BCUT2D eigenvalue weighted by Crippen LogP contribution is -2.41. The maximum absolute atomic E-state index is 14.1. The van der Waals surface area contributed by atoms with Crippen LogP contribution in [0, 0.1) is 0 Å². The average Bonchev–Trinajstić information content (AvgIpc) is 2.90. The van der Waals surface area contributed by atoms with Crippen LogP contribution in [0.15, 0.2) is 47.4 Å². The fourth-order valence-corrected chi connectivity index (χ4v) is 2.78. The Hall–Kier alpha value is -2.69. The zero-order valence-corrected chi connectivity index (χ0v) is 14.6. The molecule has 1 aromatic carbocycles. The minimum atomic E-state index is -3.80. The standard InChI is InChI=1S/C18H18F2N2O6/c19-18(20)15(25)13(9-23)28-16(18)22-7-6-12(21-17(22)26)8-14(24)27-10-11-4-2-1-3-5-11/h1-7,13,15-16,23,25H,8-10H2. The number of benzene rings is 1. The molecule has 1 aliphatic rings. The van der Waals surface area contributed by atoms with Crippen molar-refractivity contribution in [3.63, 3.8) is 0 Å². The van der Waals surface area contributed by atoms with Crippen LogP contribution in [0.3, 0.4) is 0 Å². The zero-order chi connectivity index (χ0) is 20.3. The smallest absolute Gasteiger partial charge is 0.350 e. The number of carbonyl (C=O) groups excluding carboxylic acids is 1. The van der Waals surface area contributed by atoms with Crippen molar-refractivity contribution in [2.45, 2.75) is 37.4 Å². The molecule has 0 radical (unpaired) electrons. The van der Waals surface area contributed by atoms with Gasteiger partial charge < -0.3 is 19.7 Å². The molecule has 28 heavy (non-hydrogen) atoms. The molecule has 2 heterocycles. The number of ether oxygens (including phenoxy) is 2. The summed E-state index contributed by atoms with van der Waals surface area (Å²) >= 11 is 0. The highest BCUT2D eigenvalue weighted by atomic mass is 19.3. The molecular weight excluding hydrogens is 378 g/mol. The predicted molar refractivity (Wildman–Crippen MR) is 90.4 cm³/mol. The number of esters is 1. The fourth-order valence-electron chi connectivity index (χ4n) is 2.78. The molecular formula is C18H18F2N2O6. The summed E-state index contributed by atoms with van der Waals surface area (Å²) in [6.07, 6.45) is -5.22. The maximum Gasteiger partial charge on any atom is 0.350 e. The van der Waals surface area contributed by atoms with Gasteiger partial charge in [-0.15, -0.1) is 0 Å². The van der Waals surface area contributed by atoms with E-state index in [1.165, 1.54) is 6.07 Å². The lowest BCUT2D eigenvalue weighted by Gasteiger charge is -2.21. The number of aliphatic hydroxyl groups is 2. The third-order valence-electron chi connectivity index (χ3n) is 4.27. The molecule has 0 saturated carbocycles. The number of aliphatic hydroxyl groups excluding tert-OH is 2. The van der Waals surface area contributed by atoms with Crippen molar-refractivity contribution in [3.05, 3.63) is 64.3 Å². The molecule has 10 heteroatoms. The second-order valence-corrected chi connectivity index (χ2v) is 6.26. The summed E-state index contributed by atoms with van der Waals surface area (Å²) in [5.41, 5.74) is -0.249. The Morgan fingerprint density at radius 1 is 1.29 bits per heavy atom. The Kier molecular flexibility index (Phi) is 5.82. The van der Waals surface area contributed by atoms with Gasteiger partial charge in [-0.2, -0.15) is 13.8 Å². The largest absolute Gasteiger partial charge is 0.461 e. The molecule has 0 aliphatic carbocycles. The molecule has 2 N–H and O–H groups in total. The van der Waals surface area contributed by atoms with Gasteiger partial charge in [-0.05, 0) is 11.6 Å². The summed E-state index contributed by atoms with van der Waals surface area (Å²) in [5, 5.41) is 18.5. The van der Waals surface area contributed by atoms with Crippen LogP contribution in [0.2, 0.25) is 0 Å². The molecule has 150 valence electrons. The topological polar surface area (TPSA) is 111 Å². The molecule has 0 bridgehead atoms. The number of nitrogens with zero attached hydrogens (tertiary/aromatic N) is 2. The molecule has 8 nitrogen and oxygen atoms in total. The lowest BCUT2D eigenvalue weighted by atomic mass is 10.1. The van der Waals surface area contributed by atoms with Gasteiger partial charge in [0, 0.05) is 6.20 Å². The Morgan fingerprint density at radius 2 is 2.00 bits per heavy atom. The number of hydrogen-bond donors (Lipinski definition) is 2.